The zero-order chi connectivity index (χ0) is 33.9. The second-order valence-corrected chi connectivity index (χ2v) is 11.3. The molecule has 2 amide bonds. The van der Waals surface area contributed by atoms with E-state index < -0.39 is 23.8 Å². The van der Waals surface area contributed by atoms with Gasteiger partial charge in [0.2, 0.25) is 17.7 Å². The Morgan fingerprint density at radius 3 is 2.59 bits per heavy atom. The van der Waals surface area contributed by atoms with Gasteiger partial charge in [-0.25, -0.2) is 14.6 Å². The molecular weight excluding hydrogens is 592 g/mol. The maximum absolute atomic E-state index is 12.5. The molecule has 0 bridgehead atoms. The lowest BCUT2D eigenvalue weighted by Gasteiger charge is -2.28. The van der Waals surface area contributed by atoms with E-state index in [1.54, 1.807) is 59.0 Å². The molecular formula is C32H44N8O6. The molecule has 1 atom stereocenters. The zero-order valence-electron chi connectivity index (χ0n) is 27.8. The van der Waals surface area contributed by atoms with Crippen molar-refractivity contribution in [1.29, 1.82) is 0 Å². The number of likely N-dealkylation sites (N-methyl/N-ethyl adjacent to an activating group) is 1. The van der Waals surface area contributed by atoms with Crippen molar-refractivity contribution in [2.45, 2.75) is 72.4 Å². The van der Waals surface area contributed by atoms with Crippen molar-refractivity contribution in [1.82, 2.24) is 30.0 Å². The van der Waals surface area contributed by atoms with Gasteiger partial charge < -0.3 is 30.2 Å². The number of aromatic nitrogens is 4. The highest BCUT2D eigenvalue weighted by Crippen LogP contribution is 2.29. The van der Waals surface area contributed by atoms with Gasteiger partial charge in [0.15, 0.2) is 0 Å². The van der Waals surface area contributed by atoms with Crippen molar-refractivity contribution in [2.24, 2.45) is 0 Å². The fourth-order valence-electron chi connectivity index (χ4n) is 4.05. The van der Waals surface area contributed by atoms with Crippen LogP contribution in [0.25, 0.3) is 10.9 Å². The molecule has 14 nitrogen and oxygen atoms in total. The molecule has 0 saturated carbocycles. The number of rotatable bonds is 12. The second-order valence-electron chi connectivity index (χ2n) is 11.3. The van der Waals surface area contributed by atoms with Crippen molar-refractivity contribution in [3.8, 4) is 17.7 Å². The van der Waals surface area contributed by atoms with E-state index in [9.17, 15) is 14.4 Å². The van der Waals surface area contributed by atoms with Gasteiger partial charge >= 0.3 is 12.2 Å². The fourth-order valence-corrected chi connectivity index (χ4v) is 4.05. The van der Waals surface area contributed by atoms with Gasteiger partial charge in [0.1, 0.15) is 17.5 Å². The van der Waals surface area contributed by atoms with Crippen molar-refractivity contribution in [3.63, 3.8) is 0 Å². The molecule has 248 valence electrons. The molecule has 2 aromatic heterocycles. The van der Waals surface area contributed by atoms with Crippen molar-refractivity contribution in [3.05, 3.63) is 30.0 Å². The Kier molecular flexibility index (Phi) is 12.6. The average Bonchev–Trinajstić information content (AvgIpc) is 3.39. The van der Waals surface area contributed by atoms with Crippen LogP contribution >= 0.6 is 0 Å². The lowest BCUT2D eigenvalue weighted by molar-refractivity contribution is -0.125. The molecule has 3 aromatic rings. The molecule has 2 heterocycles. The topological polar surface area (TPSA) is 162 Å². The highest BCUT2D eigenvalue weighted by Gasteiger charge is 2.26. The van der Waals surface area contributed by atoms with Crippen LogP contribution in [0.3, 0.4) is 0 Å². The Morgan fingerprint density at radius 2 is 1.91 bits per heavy atom. The summed E-state index contributed by atoms with van der Waals surface area (Å²) in [5.41, 5.74) is 1.21. The molecule has 0 saturated heterocycles. The molecule has 46 heavy (non-hydrogen) atoms. The molecule has 3 rings (SSSR count). The van der Waals surface area contributed by atoms with E-state index in [1.807, 2.05) is 0 Å². The molecule has 14 heteroatoms. The first-order chi connectivity index (χ1) is 21.9. The first-order valence-electron chi connectivity index (χ1n) is 15.2. The lowest BCUT2D eigenvalue weighted by atomic mass is 10.2. The predicted octanol–water partition coefficient (Wildman–Crippen LogP) is 4.91. The Morgan fingerprint density at radius 1 is 1.15 bits per heavy atom. The van der Waals surface area contributed by atoms with Gasteiger partial charge in [0.25, 0.3) is 0 Å². The zero-order valence-corrected chi connectivity index (χ0v) is 27.8. The Hall–Kier alpha value is -5.06. The number of benzene rings is 1. The maximum atomic E-state index is 12.5. The minimum Gasteiger partial charge on any atom is -0.479 e. The van der Waals surface area contributed by atoms with Crippen LogP contribution in [0.2, 0.25) is 0 Å². The number of unbranched alkanes of at least 4 members (excludes halogenated alkanes) is 1. The van der Waals surface area contributed by atoms with Crippen molar-refractivity contribution < 1.29 is 28.6 Å². The van der Waals surface area contributed by atoms with Crippen LogP contribution in [0, 0.1) is 11.8 Å². The average molecular weight is 637 g/mol. The standard InChI is InChI=1S/C32H44N8O6/c1-9-17-33-26-22(14-12-11-13-18-34-27(41)21(3)39(7)30(42)46-32(4,5)6)20-35-29(37-26)36-23-15-16-25-24(19-23)28(44-8)38-40(25)31(43)45-10-2/h15-16,19-21H,9-11,13,17-18H2,1-8H3,(H,34,41)(H2,33,35,36,37)/t21-/m0/s1. The smallest absolute Gasteiger partial charge is 0.435 e. The number of fused-ring (bicyclic) bond motifs is 1. The van der Waals surface area contributed by atoms with E-state index in [1.165, 1.54) is 19.1 Å². The monoisotopic (exact) mass is 636 g/mol. The van der Waals surface area contributed by atoms with E-state index in [0.717, 1.165) is 11.1 Å². The highest BCUT2D eigenvalue weighted by molar-refractivity contribution is 5.93. The summed E-state index contributed by atoms with van der Waals surface area (Å²) in [7, 11) is 3.02. The van der Waals surface area contributed by atoms with Crippen LogP contribution in [-0.2, 0) is 14.3 Å². The number of amides is 2. The Balaban J connectivity index is 1.63. The van der Waals surface area contributed by atoms with Gasteiger partial charge in [-0.05, 0) is 65.7 Å². The number of nitrogens with zero attached hydrogens (tertiary/aromatic N) is 5. The molecule has 0 radical (unpaired) electrons. The van der Waals surface area contributed by atoms with Crippen LogP contribution < -0.4 is 20.7 Å². The summed E-state index contributed by atoms with van der Waals surface area (Å²) >= 11 is 0. The molecule has 0 spiro atoms. The molecule has 0 fully saturated rings. The summed E-state index contributed by atoms with van der Waals surface area (Å²) in [5, 5.41) is 14.2. The Bertz CT molecular complexity index is 1590. The fraction of sp³-hybridized carbons (Fsp3) is 0.500. The van der Waals surface area contributed by atoms with Crippen molar-refractivity contribution >= 4 is 46.5 Å². The number of anilines is 3. The number of carbonyl (C=O) groups is 3. The van der Waals surface area contributed by atoms with Crippen LogP contribution in [0.1, 0.15) is 66.4 Å². The number of carbonyl (C=O) groups excluding carboxylic acids is 3. The molecule has 3 N–H and O–H groups in total. The minimum atomic E-state index is -0.677. The van der Waals surface area contributed by atoms with Gasteiger partial charge in [-0.1, -0.05) is 18.8 Å². The molecule has 0 unspecified atom stereocenters. The molecule has 0 aliphatic heterocycles. The Labute approximate surface area is 269 Å². The quantitative estimate of drug-likeness (QED) is 0.183. The van der Waals surface area contributed by atoms with Crippen LogP contribution in [-0.4, -0.2) is 88.2 Å². The molecule has 0 aliphatic rings. The highest BCUT2D eigenvalue weighted by atomic mass is 16.6. The first-order valence-corrected chi connectivity index (χ1v) is 15.2. The van der Waals surface area contributed by atoms with Gasteiger partial charge in [-0.2, -0.15) is 9.67 Å². The number of methoxy groups -OCH3 is 1. The van der Waals surface area contributed by atoms with E-state index in [4.69, 9.17) is 14.2 Å². The lowest BCUT2D eigenvalue weighted by Crippen LogP contribution is -2.47. The third-order valence-electron chi connectivity index (χ3n) is 6.51. The summed E-state index contributed by atoms with van der Waals surface area (Å²) < 4.78 is 17.0. The van der Waals surface area contributed by atoms with E-state index in [0.29, 0.717) is 59.9 Å². The van der Waals surface area contributed by atoms with Crippen LogP contribution in [0.5, 0.6) is 5.88 Å². The summed E-state index contributed by atoms with van der Waals surface area (Å²) in [5.74, 6) is 7.21. The summed E-state index contributed by atoms with van der Waals surface area (Å²) in [6.45, 7) is 12.1. The minimum absolute atomic E-state index is 0.225. The van der Waals surface area contributed by atoms with Gasteiger partial charge in [-0.15, -0.1) is 5.10 Å². The second kappa shape index (κ2) is 16.3. The van der Waals surface area contributed by atoms with Gasteiger partial charge in [-0.3, -0.25) is 9.69 Å². The first kappa shape index (κ1) is 35.4. The van der Waals surface area contributed by atoms with E-state index >= 15 is 0 Å². The third-order valence-corrected chi connectivity index (χ3v) is 6.51. The normalized spacial score (nSPS) is 11.6. The molecule has 0 aliphatic carbocycles. The largest absolute Gasteiger partial charge is 0.479 e. The molecule has 1 aromatic carbocycles. The van der Waals surface area contributed by atoms with E-state index in [-0.39, 0.29) is 18.4 Å². The number of nitrogens with one attached hydrogen (secondary N) is 3. The number of hydrogen-bond donors (Lipinski definition) is 3. The predicted molar refractivity (Wildman–Crippen MR) is 175 cm³/mol. The number of ether oxygens (including phenoxy) is 3. The van der Waals surface area contributed by atoms with Gasteiger partial charge in [0.05, 0.1) is 36.4 Å². The van der Waals surface area contributed by atoms with E-state index in [2.05, 4.69) is 49.8 Å². The van der Waals surface area contributed by atoms with Crippen molar-refractivity contribution in [2.75, 3.05) is 44.5 Å². The SMILES string of the molecule is CCCNc1nc(Nc2ccc3c(c2)c(OC)nn3C(=O)OCC)ncc1C#CCCCNC(=O)[C@H](C)N(C)C(=O)OC(C)(C)C. The number of hydrogen-bond acceptors (Lipinski definition) is 11. The summed E-state index contributed by atoms with van der Waals surface area (Å²) in [6.07, 6.45) is 2.55. The maximum Gasteiger partial charge on any atom is 0.435 e. The summed E-state index contributed by atoms with van der Waals surface area (Å²) in [4.78, 5) is 47.4. The van der Waals surface area contributed by atoms with Crippen LogP contribution in [0.4, 0.5) is 27.0 Å². The van der Waals surface area contributed by atoms with Gasteiger partial charge in [0, 0.05) is 32.2 Å². The summed E-state index contributed by atoms with van der Waals surface area (Å²) in [6, 6.07) is 4.64. The van der Waals surface area contributed by atoms with Crippen LogP contribution in [0.15, 0.2) is 24.4 Å². The third kappa shape index (κ3) is 9.72.